The highest BCUT2D eigenvalue weighted by Crippen LogP contribution is 2.39. The highest BCUT2D eigenvalue weighted by molar-refractivity contribution is 7.14. The quantitative estimate of drug-likeness (QED) is 0.207. The molecule has 2 aromatic carbocycles. The van der Waals surface area contributed by atoms with E-state index in [-0.39, 0.29) is 22.3 Å². The average molecular weight is 496 g/mol. The zero-order valence-corrected chi connectivity index (χ0v) is 20.7. The summed E-state index contributed by atoms with van der Waals surface area (Å²) < 4.78 is 4.53. The number of nitrogens with zero attached hydrogens (tertiary/aromatic N) is 2. The summed E-state index contributed by atoms with van der Waals surface area (Å²) in [5.74, 6) is -1.54. The lowest BCUT2D eigenvalue weighted by molar-refractivity contribution is -0.385. The van der Waals surface area contributed by atoms with Gasteiger partial charge in [-0.1, -0.05) is 45.0 Å². The van der Waals surface area contributed by atoms with E-state index < -0.39 is 22.5 Å². The Morgan fingerprint density at radius 2 is 1.77 bits per heavy atom. The van der Waals surface area contributed by atoms with E-state index in [1.165, 1.54) is 23.0 Å². The van der Waals surface area contributed by atoms with Crippen molar-refractivity contribution in [3.63, 3.8) is 0 Å². The van der Waals surface area contributed by atoms with Crippen LogP contribution in [0.3, 0.4) is 0 Å². The van der Waals surface area contributed by atoms with Crippen molar-refractivity contribution >= 4 is 34.6 Å². The second-order valence-electron chi connectivity index (χ2n) is 8.77. The van der Waals surface area contributed by atoms with Crippen molar-refractivity contribution in [1.82, 2.24) is 5.43 Å². The Morgan fingerprint density at radius 1 is 1.11 bits per heavy atom. The first kappa shape index (κ1) is 25.6. The number of hydrogen-bond donors (Lipinski definition) is 2. The monoisotopic (exact) mass is 495 g/mol. The second-order valence-corrected chi connectivity index (χ2v) is 9.65. The SMILES string of the molecule is COC(=O)c1ccc(C(=O)NN=C(C)c2csc(-c3ccc(C(C)(C)C)cc3)c2O)cc1[N+](=O)[O-]. The molecular weight excluding hydrogens is 470 g/mol. The van der Waals surface area contributed by atoms with Crippen molar-refractivity contribution in [2.45, 2.75) is 33.1 Å². The summed E-state index contributed by atoms with van der Waals surface area (Å²) in [5, 5.41) is 27.8. The lowest BCUT2D eigenvalue weighted by atomic mass is 9.86. The third kappa shape index (κ3) is 5.55. The van der Waals surface area contributed by atoms with E-state index in [0.717, 1.165) is 24.8 Å². The van der Waals surface area contributed by atoms with Gasteiger partial charge in [0.25, 0.3) is 11.6 Å². The Kier molecular flexibility index (Phi) is 7.35. The molecule has 1 amide bonds. The summed E-state index contributed by atoms with van der Waals surface area (Å²) in [5.41, 5.74) is 4.32. The highest BCUT2D eigenvalue weighted by Gasteiger charge is 2.23. The first-order valence-corrected chi connectivity index (χ1v) is 11.4. The van der Waals surface area contributed by atoms with E-state index in [2.05, 4.69) is 36.0 Å². The van der Waals surface area contributed by atoms with E-state index in [1.54, 1.807) is 12.3 Å². The minimum absolute atomic E-state index is 0.0166. The molecule has 0 saturated carbocycles. The first-order valence-electron chi connectivity index (χ1n) is 10.6. The Labute approximate surface area is 206 Å². The van der Waals surface area contributed by atoms with Gasteiger partial charge in [0.05, 0.1) is 28.2 Å². The minimum atomic E-state index is -0.880. The molecule has 0 atom stereocenters. The van der Waals surface area contributed by atoms with Crippen LogP contribution < -0.4 is 5.43 Å². The van der Waals surface area contributed by atoms with Gasteiger partial charge in [-0.15, -0.1) is 11.3 Å². The van der Waals surface area contributed by atoms with Crippen LogP contribution in [0.15, 0.2) is 52.9 Å². The smallest absolute Gasteiger partial charge is 0.344 e. The third-order valence-corrected chi connectivity index (χ3v) is 6.37. The van der Waals surface area contributed by atoms with Gasteiger partial charge in [-0.25, -0.2) is 10.2 Å². The van der Waals surface area contributed by atoms with Crippen LogP contribution in [0.25, 0.3) is 10.4 Å². The first-order chi connectivity index (χ1) is 16.4. The summed E-state index contributed by atoms with van der Waals surface area (Å²) in [6, 6.07) is 11.4. The number of esters is 1. The number of rotatable bonds is 6. The van der Waals surface area contributed by atoms with Gasteiger partial charge in [0, 0.05) is 17.0 Å². The zero-order valence-electron chi connectivity index (χ0n) is 19.9. The number of nitrogens with one attached hydrogen (secondary N) is 1. The van der Waals surface area contributed by atoms with Crippen LogP contribution in [0.4, 0.5) is 5.69 Å². The molecule has 182 valence electrons. The predicted molar refractivity (Wildman–Crippen MR) is 134 cm³/mol. The molecule has 0 aliphatic heterocycles. The molecule has 0 aliphatic rings. The number of thiophene rings is 1. The second kappa shape index (κ2) is 10.1. The molecule has 1 aromatic heterocycles. The van der Waals surface area contributed by atoms with Crippen molar-refractivity contribution in [2.24, 2.45) is 5.10 Å². The van der Waals surface area contributed by atoms with Gasteiger partial charge >= 0.3 is 5.97 Å². The molecular formula is C25H25N3O6S. The van der Waals surface area contributed by atoms with Gasteiger partial charge in [-0.3, -0.25) is 14.9 Å². The Morgan fingerprint density at radius 3 is 2.34 bits per heavy atom. The summed E-state index contributed by atoms with van der Waals surface area (Å²) in [7, 11) is 1.11. The van der Waals surface area contributed by atoms with Crippen molar-refractivity contribution in [3.8, 4) is 16.2 Å². The molecule has 0 aliphatic carbocycles. The van der Waals surface area contributed by atoms with E-state index in [0.29, 0.717) is 16.2 Å². The fourth-order valence-electron chi connectivity index (χ4n) is 3.30. The van der Waals surface area contributed by atoms with Gasteiger partial charge in [0.15, 0.2) is 0 Å². The minimum Gasteiger partial charge on any atom is -0.506 e. The molecule has 0 unspecified atom stereocenters. The molecule has 2 N–H and O–H groups in total. The molecule has 9 nitrogen and oxygen atoms in total. The average Bonchev–Trinajstić information content (AvgIpc) is 3.22. The molecule has 10 heteroatoms. The fraction of sp³-hybridized carbons (Fsp3) is 0.240. The van der Waals surface area contributed by atoms with Crippen LogP contribution in [-0.4, -0.2) is 34.7 Å². The van der Waals surface area contributed by atoms with Crippen molar-refractivity contribution < 1.29 is 24.4 Å². The number of amides is 1. The van der Waals surface area contributed by atoms with Gasteiger partial charge in [0.2, 0.25) is 0 Å². The van der Waals surface area contributed by atoms with Crippen LogP contribution in [-0.2, 0) is 10.2 Å². The number of benzene rings is 2. The Bertz CT molecular complexity index is 1320. The number of carbonyl (C=O) groups is 2. The van der Waals surface area contributed by atoms with Gasteiger partial charge < -0.3 is 9.84 Å². The number of ether oxygens (including phenoxy) is 1. The van der Waals surface area contributed by atoms with E-state index in [9.17, 15) is 24.8 Å². The molecule has 3 rings (SSSR count). The summed E-state index contributed by atoms with van der Waals surface area (Å²) in [6.45, 7) is 8.00. The van der Waals surface area contributed by atoms with Crippen molar-refractivity contribution in [2.75, 3.05) is 7.11 Å². The third-order valence-electron chi connectivity index (χ3n) is 5.35. The lowest BCUT2D eigenvalue weighted by Crippen LogP contribution is -2.20. The number of carbonyl (C=O) groups excluding carboxylic acids is 2. The molecule has 0 saturated heterocycles. The van der Waals surface area contributed by atoms with E-state index >= 15 is 0 Å². The molecule has 3 aromatic rings. The highest BCUT2D eigenvalue weighted by atomic mass is 32.1. The molecule has 0 bridgehead atoms. The number of hydrazone groups is 1. The Balaban J connectivity index is 1.81. The van der Waals surface area contributed by atoms with E-state index in [4.69, 9.17) is 0 Å². The zero-order chi connectivity index (χ0) is 25.9. The number of aromatic hydroxyl groups is 1. The number of nitro benzene ring substituents is 1. The summed E-state index contributed by atoms with van der Waals surface area (Å²) in [6.07, 6.45) is 0. The predicted octanol–water partition coefficient (Wildman–Crippen LogP) is 5.27. The summed E-state index contributed by atoms with van der Waals surface area (Å²) >= 11 is 1.35. The molecule has 1 heterocycles. The standard InChI is InChI=1S/C25H25N3O6S/c1-14(19-13-35-22(21(19)29)15-6-9-17(10-7-15)25(2,3)4)26-27-23(30)16-8-11-18(24(31)34-5)20(12-16)28(32)33/h6-13,29H,1-5H3,(H,27,30). The van der Waals surface area contributed by atoms with Crippen molar-refractivity contribution in [3.05, 3.63) is 80.2 Å². The maximum absolute atomic E-state index is 12.5. The van der Waals surface area contributed by atoms with Gasteiger partial charge in [0.1, 0.15) is 11.3 Å². The normalized spacial score (nSPS) is 11.7. The molecule has 0 fully saturated rings. The molecule has 35 heavy (non-hydrogen) atoms. The van der Waals surface area contributed by atoms with Crippen LogP contribution >= 0.6 is 11.3 Å². The lowest BCUT2D eigenvalue weighted by Gasteiger charge is -2.19. The van der Waals surface area contributed by atoms with Crippen LogP contribution in [0.5, 0.6) is 5.75 Å². The van der Waals surface area contributed by atoms with E-state index in [1.807, 2.05) is 24.3 Å². The number of methoxy groups -OCH3 is 1. The number of hydrogen-bond acceptors (Lipinski definition) is 8. The van der Waals surface area contributed by atoms with Crippen LogP contribution in [0.1, 0.15) is 59.5 Å². The topological polar surface area (TPSA) is 131 Å². The van der Waals surface area contributed by atoms with Gasteiger partial charge in [-0.2, -0.15) is 5.10 Å². The molecule has 0 radical (unpaired) electrons. The fourth-order valence-corrected chi connectivity index (χ4v) is 4.31. The maximum Gasteiger partial charge on any atom is 0.344 e. The van der Waals surface area contributed by atoms with Crippen LogP contribution in [0.2, 0.25) is 0 Å². The number of nitro groups is 1. The largest absolute Gasteiger partial charge is 0.506 e. The maximum atomic E-state index is 12.5. The molecule has 0 spiro atoms. The van der Waals surface area contributed by atoms with Gasteiger partial charge in [-0.05, 0) is 35.6 Å². The summed E-state index contributed by atoms with van der Waals surface area (Å²) in [4.78, 5) is 35.4. The Hall–Kier alpha value is -4.05. The van der Waals surface area contributed by atoms with Crippen molar-refractivity contribution in [1.29, 1.82) is 0 Å². The van der Waals surface area contributed by atoms with Crippen LogP contribution in [0, 0.1) is 10.1 Å².